The smallest absolute Gasteiger partial charge is 0.333 e. The number of carbonyl (C=O) groups is 1. The van der Waals surface area contributed by atoms with E-state index in [0.29, 0.717) is 0 Å². The standard InChI is InChI=1S/C11H10FNO2/c12-7-13-6-9(11(14)15)5-8-3-1-2-4-10(8)13/h1-5H,6-7H2,(H,14,15). The van der Waals surface area contributed by atoms with Gasteiger partial charge in [-0.3, -0.25) is 0 Å². The van der Waals surface area contributed by atoms with E-state index >= 15 is 0 Å². The fourth-order valence-corrected chi connectivity index (χ4v) is 1.66. The summed E-state index contributed by atoms with van der Waals surface area (Å²) in [5.74, 6) is -0.997. The van der Waals surface area contributed by atoms with Crippen LogP contribution in [-0.4, -0.2) is 24.4 Å². The number of rotatable bonds is 2. The molecule has 0 aromatic heterocycles. The summed E-state index contributed by atoms with van der Waals surface area (Å²) >= 11 is 0. The summed E-state index contributed by atoms with van der Waals surface area (Å²) in [6.45, 7) is -0.565. The minimum absolute atomic E-state index is 0.114. The zero-order chi connectivity index (χ0) is 10.8. The van der Waals surface area contributed by atoms with Crippen LogP contribution in [0.1, 0.15) is 5.56 Å². The maximum atomic E-state index is 12.7. The van der Waals surface area contributed by atoms with Crippen molar-refractivity contribution in [1.29, 1.82) is 0 Å². The lowest BCUT2D eigenvalue weighted by atomic mass is 10.0. The summed E-state index contributed by atoms with van der Waals surface area (Å²) < 4.78 is 12.7. The van der Waals surface area contributed by atoms with Crippen molar-refractivity contribution in [1.82, 2.24) is 0 Å². The molecule has 1 aliphatic heterocycles. The quantitative estimate of drug-likeness (QED) is 0.753. The number of carboxylic acids is 1. The maximum Gasteiger partial charge on any atom is 0.333 e. The predicted molar refractivity (Wildman–Crippen MR) is 55.4 cm³/mol. The molecule has 0 fully saturated rings. The van der Waals surface area contributed by atoms with Gasteiger partial charge in [0.1, 0.15) is 0 Å². The second kappa shape index (κ2) is 3.73. The molecule has 78 valence electrons. The molecule has 0 unspecified atom stereocenters. The van der Waals surface area contributed by atoms with Gasteiger partial charge in [0.25, 0.3) is 0 Å². The summed E-state index contributed by atoms with van der Waals surface area (Å²) in [7, 11) is 0. The number of fused-ring (bicyclic) bond motifs is 1. The molecule has 0 spiro atoms. The minimum atomic E-state index is -0.997. The fourth-order valence-electron chi connectivity index (χ4n) is 1.66. The Morgan fingerprint density at radius 3 is 2.87 bits per heavy atom. The van der Waals surface area contributed by atoms with Gasteiger partial charge >= 0.3 is 5.97 Å². The van der Waals surface area contributed by atoms with Crippen LogP contribution in [0.3, 0.4) is 0 Å². The van der Waals surface area contributed by atoms with E-state index in [2.05, 4.69) is 0 Å². The Bertz CT molecular complexity index is 428. The number of anilines is 1. The zero-order valence-electron chi connectivity index (χ0n) is 7.98. The lowest BCUT2D eigenvalue weighted by Gasteiger charge is -2.27. The molecular weight excluding hydrogens is 197 g/mol. The first kappa shape index (κ1) is 9.71. The highest BCUT2D eigenvalue weighted by Crippen LogP contribution is 2.28. The summed E-state index contributed by atoms with van der Waals surface area (Å²) in [4.78, 5) is 12.2. The molecule has 0 atom stereocenters. The molecule has 0 amide bonds. The van der Waals surface area contributed by atoms with Crippen LogP contribution in [0.5, 0.6) is 0 Å². The molecule has 0 aliphatic carbocycles. The van der Waals surface area contributed by atoms with Crippen molar-refractivity contribution in [3.8, 4) is 0 Å². The average Bonchev–Trinajstić information content (AvgIpc) is 2.27. The molecule has 1 aliphatic rings. The molecule has 1 N–H and O–H groups in total. The van der Waals surface area contributed by atoms with Gasteiger partial charge in [-0.2, -0.15) is 0 Å². The monoisotopic (exact) mass is 207 g/mol. The van der Waals surface area contributed by atoms with Gasteiger partial charge in [-0.1, -0.05) is 18.2 Å². The van der Waals surface area contributed by atoms with E-state index in [0.717, 1.165) is 11.3 Å². The molecule has 0 radical (unpaired) electrons. The summed E-state index contributed by atoms with van der Waals surface area (Å²) in [6.07, 6.45) is 1.59. The maximum absolute atomic E-state index is 12.7. The van der Waals surface area contributed by atoms with Crippen LogP contribution in [0.25, 0.3) is 6.08 Å². The van der Waals surface area contributed by atoms with E-state index in [1.807, 2.05) is 0 Å². The highest BCUT2D eigenvalue weighted by molar-refractivity contribution is 5.96. The van der Waals surface area contributed by atoms with Gasteiger partial charge < -0.3 is 10.0 Å². The second-order valence-corrected chi connectivity index (χ2v) is 3.35. The van der Waals surface area contributed by atoms with Crippen molar-refractivity contribution >= 4 is 17.7 Å². The first-order valence-electron chi connectivity index (χ1n) is 4.56. The van der Waals surface area contributed by atoms with Crippen molar-refractivity contribution in [2.45, 2.75) is 0 Å². The van der Waals surface area contributed by atoms with Gasteiger partial charge in [0, 0.05) is 5.69 Å². The van der Waals surface area contributed by atoms with Crippen LogP contribution in [0, 0.1) is 0 Å². The highest BCUT2D eigenvalue weighted by atomic mass is 19.1. The minimum Gasteiger partial charge on any atom is -0.478 e. The van der Waals surface area contributed by atoms with Crippen molar-refractivity contribution in [3.05, 3.63) is 35.4 Å². The van der Waals surface area contributed by atoms with E-state index in [-0.39, 0.29) is 12.1 Å². The molecular formula is C11H10FNO2. The number of carboxylic acid groups (broad SMARTS) is 1. The normalized spacial score (nSPS) is 14.5. The third kappa shape index (κ3) is 1.70. The predicted octanol–water partition coefficient (Wildman–Crippen LogP) is 1.90. The Hall–Kier alpha value is -1.84. The van der Waals surface area contributed by atoms with E-state index in [1.54, 1.807) is 30.3 Å². The third-order valence-corrected chi connectivity index (χ3v) is 2.39. The van der Waals surface area contributed by atoms with Crippen molar-refractivity contribution in [2.24, 2.45) is 0 Å². The number of benzene rings is 1. The van der Waals surface area contributed by atoms with E-state index in [1.165, 1.54) is 4.90 Å². The molecule has 15 heavy (non-hydrogen) atoms. The van der Waals surface area contributed by atoms with Gasteiger partial charge in [-0.05, 0) is 17.7 Å². The zero-order valence-corrected chi connectivity index (χ0v) is 7.98. The largest absolute Gasteiger partial charge is 0.478 e. The van der Waals surface area contributed by atoms with Crippen LogP contribution in [-0.2, 0) is 4.79 Å². The molecule has 2 rings (SSSR count). The Labute approximate surface area is 86.4 Å². The van der Waals surface area contributed by atoms with Gasteiger partial charge in [0.2, 0.25) is 0 Å². The van der Waals surface area contributed by atoms with Crippen LogP contribution in [0.15, 0.2) is 29.8 Å². The first-order valence-corrected chi connectivity index (χ1v) is 4.56. The molecule has 0 saturated heterocycles. The summed E-state index contributed by atoms with van der Waals surface area (Å²) in [5.41, 5.74) is 1.70. The van der Waals surface area contributed by atoms with Crippen LogP contribution in [0.4, 0.5) is 10.1 Å². The lowest BCUT2D eigenvalue weighted by molar-refractivity contribution is -0.132. The van der Waals surface area contributed by atoms with Crippen molar-refractivity contribution in [2.75, 3.05) is 18.2 Å². The van der Waals surface area contributed by atoms with Gasteiger partial charge in [-0.15, -0.1) is 0 Å². The summed E-state index contributed by atoms with van der Waals surface area (Å²) in [5, 5.41) is 8.86. The first-order chi connectivity index (χ1) is 7.22. The molecule has 1 aromatic rings. The van der Waals surface area contributed by atoms with E-state index in [4.69, 9.17) is 5.11 Å². The highest BCUT2D eigenvalue weighted by Gasteiger charge is 2.20. The SMILES string of the molecule is O=C(O)C1=Cc2ccccc2N(CF)C1. The van der Waals surface area contributed by atoms with Crippen LogP contribution in [0.2, 0.25) is 0 Å². The molecule has 3 nitrogen and oxygen atoms in total. The number of para-hydroxylation sites is 1. The Morgan fingerprint density at radius 1 is 1.47 bits per heavy atom. The number of nitrogens with zero attached hydrogens (tertiary/aromatic N) is 1. The fraction of sp³-hybridized carbons (Fsp3) is 0.182. The molecule has 1 aromatic carbocycles. The lowest BCUT2D eigenvalue weighted by Crippen LogP contribution is -2.30. The Kier molecular flexibility index (Phi) is 2.41. The number of aliphatic carboxylic acids is 1. The molecule has 0 saturated carbocycles. The van der Waals surface area contributed by atoms with E-state index < -0.39 is 12.8 Å². The molecule has 1 heterocycles. The van der Waals surface area contributed by atoms with Crippen LogP contribution < -0.4 is 4.90 Å². The average molecular weight is 207 g/mol. The van der Waals surface area contributed by atoms with Gasteiger partial charge in [0.05, 0.1) is 12.1 Å². The molecule has 4 heteroatoms. The third-order valence-electron chi connectivity index (χ3n) is 2.39. The topological polar surface area (TPSA) is 40.5 Å². The number of hydrogen-bond acceptors (Lipinski definition) is 2. The number of halogens is 1. The van der Waals surface area contributed by atoms with Crippen LogP contribution >= 0.6 is 0 Å². The van der Waals surface area contributed by atoms with Crippen molar-refractivity contribution < 1.29 is 14.3 Å². The number of alkyl halides is 1. The second-order valence-electron chi connectivity index (χ2n) is 3.35. The molecule has 0 bridgehead atoms. The van der Waals surface area contributed by atoms with Crippen molar-refractivity contribution in [3.63, 3.8) is 0 Å². The summed E-state index contributed by atoms with van der Waals surface area (Å²) in [6, 6.07) is 7.17. The Balaban J connectivity index is 2.48. The Morgan fingerprint density at radius 2 is 2.20 bits per heavy atom. The number of hydrogen-bond donors (Lipinski definition) is 1. The van der Waals surface area contributed by atoms with Gasteiger partial charge in [0.15, 0.2) is 6.80 Å². The van der Waals surface area contributed by atoms with E-state index in [9.17, 15) is 9.18 Å². The van der Waals surface area contributed by atoms with Gasteiger partial charge in [-0.25, -0.2) is 9.18 Å².